The Labute approximate surface area is 165 Å². The molecule has 12 heteroatoms. The van der Waals surface area contributed by atoms with Crippen LogP contribution in [0.25, 0.3) is 15.3 Å². The van der Waals surface area contributed by atoms with Crippen molar-refractivity contribution < 1.29 is 4.79 Å². The molecule has 4 rings (SSSR count). The van der Waals surface area contributed by atoms with Gasteiger partial charge in [0.05, 0.1) is 0 Å². The SMILES string of the molecule is Cn1nnc2c(C(=O)NCCn3[se]c4ccc(Br)cc4c3=O)ncn2c1=O. The second kappa shape index (κ2) is 6.87. The molecule has 3 heterocycles. The van der Waals surface area contributed by atoms with Gasteiger partial charge < -0.3 is 0 Å². The first-order valence-corrected chi connectivity index (χ1v) is 10.2. The van der Waals surface area contributed by atoms with Crippen LogP contribution in [0.15, 0.2) is 38.6 Å². The minimum absolute atomic E-state index is 0.0191. The molecule has 0 unspecified atom stereocenters. The molecule has 0 aliphatic rings. The van der Waals surface area contributed by atoms with Gasteiger partial charge in [-0.05, 0) is 0 Å². The Morgan fingerprint density at radius 1 is 1.33 bits per heavy atom. The molecular formula is C15H12BrN7O3Se. The van der Waals surface area contributed by atoms with Gasteiger partial charge in [-0.2, -0.15) is 0 Å². The molecule has 3 aromatic heterocycles. The number of nitrogens with zero attached hydrogens (tertiary/aromatic N) is 6. The van der Waals surface area contributed by atoms with Gasteiger partial charge >= 0.3 is 166 Å². The second-order valence-corrected chi connectivity index (χ2v) is 8.82. The summed E-state index contributed by atoms with van der Waals surface area (Å²) in [6, 6.07) is 5.66. The number of amides is 1. The number of halogens is 1. The number of aromatic nitrogens is 6. The molecule has 0 atom stereocenters. The molecule has 0 spiro atoms. The molecule has 4 aromatic rings. The fourth-order valence-corrected chi connectivity index (χ4v) is 4.99. The van der Waals surface area contributed by atoms with Crippen molar-refractivity contribution in [2.24, 2.45) is 7.05 Å². The number of nitrogens with one attached hydrogen (secondary N) is 1. The quantitative estimate of drug-likeness (QED) is 0.377. The van der Waals surface area contributed by atoms with Gasteiger partial charge in [0.15, 0.2) is 0 Å². The van der Waals surface area contributed by atoms with E-state index in [2.05, 4.69) is 36.5 Å². The molecule has 10 nitrogen and oxygen atoms in total. The summed E-state index contributed by atoms with van der Waals surface area (Å²) in [5.74, 6) is -0.473. The summed E-state index contributed by atoms with van der Waals surface area (Å²) in [6.45, 7) is 0.648. The van der Waals surface area contributed by atoms with Crippen molar-refractivity contribution in [2.75, 3.05) is 6.54 Å². The van der Waals surface area contributed by atoms with E-state index in [9.17, 15) is 14.4 Å². The van der Waals surface area contributed by atoms with Crippen LogP contribution < -0.4 is 16.6 Å². The van der Waals surface area contributed by atoms with E-state index in [-0.39, 0.29) is 38.2 Å². The van der Waals surface area contributed by atoms with Crippen LogP contribution >= 0.6 is 15.9 Å². The van der Waals surface area contributed by atoms with E-state index in [1.54, 1.807) is 3.56 Å². The normalized spacial score (nSPS) is 11.3. The van der Waals surface area contributed by atoms with Gasteiger partial charge in [0.2, 0.25) is 0 Å². The number of hydrogen-bond acceptors (Lipinski definition) is 6. The summed E-state index contributed by atoms with van der Waals surface area (Å²) < 4.78 is 5.81. The fraction of sp³-hybridized carbons (Fsp3) is 0.200. The van der Waals surface area contributed by atoms with E-state index in [1.165, 1.54) is 13.4 Å². The Balaban J connectivity index is 1.51. The monoisotopic (exact) mass is 497 g/mol. The first-order valence-electron chi connectivity index (χ1n) is 7.80. The molecule has 0 radical (unpaired) electrons. The molecule has 1 N–H and O–H groups in total. The van der Waals surface area contributed by atoms with Crippen molar-refractivity contribution in [3.8, 4) is 0 Å². The van der Waals surface area contributed by atoms with Crippen molar-refractivity contribution in [3.63, 3.8) is 0 Å². The van der Waals surface area contributed by atoms with Gasteiger partial charge in [-0.25, -0.2) is 0 Å². The predicted molar refractivity (Wildman–Crippen MR) is 101 cm³/mol. The van der Waals surface area contributed by atoms with Crippen LogP contribution in [-0.4, -0.2) is 55.1 Å². The number of imidazole rings is 1. The van der Waals surface area contributed by atoms with Crippen molar-refractivity contribution >= 4 is 51.9 Å². The second-order valence-electron chi connectivity index (χ2n) is 5.68. The summed E-state index contributed by atoms with van der Waals surface area (Å²) in [5, 5.41) is 10.9. The average molecular weight is 497 g/mol. The van der Waals surface area contributed by atoms with Crippen LogP contribution in [0.5, 0.6) is 0 Å². The van der Waals surface area contributed by atoms with E-state index in [1.807, 2.05) is 18.2 Å². The first-order chi connectivity index (χ1) is 13.0. The maximum atomic E-state index is 12.4. The molecule has 0 fully saturated rings. The summed E-state index contributed by atoms with van der Waals surface area (Å²) >= 11 is 3.26. The van der Waals surface area contributed by atoms with E-state index in [0.717, 1.165) is 17.8 Å². The van der Waals surface area contributed by atoms with Gasteiger partial charge in [-0.15, -0.1) is 0 Å². The summed E-state index contributed by atoms with van der Waals surface area (Å²) in [5.41, 5.74) is -0.372. The van der Waals surface area contributed by atoms with Gasteiger partial charge in [0.1, 0.15) is 0 Å². The molecule has 0 saturated heterocycles. The maximum absolute atomic E-state index is 12.4. The van der Waals surface area contributed by atoms with Crippen LogP contribution in [0.4, 0.5) is 0 Å². The zero-order valence-corrected chi connectivity index (χ0v) is 17.2. The molecule has 0 aliphatic carbocycles. The van der Waals surface area contributed by atoms with E-state index < -0.39 is 11.6 Å². The number of benzene rings is 1. The molecule has 1 aromatic carbocycles. The summed E-state index contributed by atoms with van der Waals surface area (Å²) in [6.07, 6.45) is 1.24. The third-order valence-corrected chi connectivity index (χ3v) is 6.77. The van der Waals surface area contributed by atoms with Gasteiger partial charge in [-0.3, -0.25) is 0 Å². The zero-order valence-electron chi connectivity index (χ0n) is 13.9. The number of rotatable bonds is 4. The molecule has 27 heavy (non-hydrogen) atoms. The Hall–Kier alpha value is -2.56. The zero-order chi connectivity index (χ0) is 19.1. The summed E-state index contributed by atoms with van der Waals surface area (Å²) in [4.78, 5) is 40.7. The van der Waals surface area contributed by atoms with Crippen LogP contribution in [0.3, 0.4) is 0 Å². The molecule has 0 bridgehead atoms. The first kappa shape index (κ1) is 17.8. The fourth-order valence-electron chi connectivity index (χ4n) is 2.59. The Bertz CT molecular complexity index is 1300. The number of carbonyl (C=O) groups excluding carboxylic acids is 1. The predicted octanol–water partition coefficient (Wildman–Crippen LogP) is -0.613. The minimum atomic E-state index is -0.473. The topological polar surface area (TPSA) is 116 Å². The standard InChI is InChI=1S/C15H12BrN7O3Se/c1-21-15(26)22-7-18-11(12(22)19-20-21)13(24)17-4-5-23-14(25)9-6-8(16)2-3-10(9)27-23/h2-3,6-7H,4-5H2,1H3,(H,17,24). The van der Waals surface area contributed by atoms with Crippen LogP contribution in [-0.2, 0) is 13.6 Å². The Kier molecular flexibility index (Phi) is 4.54. The Morgan fingerprint density at radius 2 is 2.15 bits per heavy atom. The van der Waals surface area contributed by atoms with Crippen LogP contribution in [0.2, 0.25) is 0 Å². The van der Waals surface area contributed by atoms with Crippen LogP contribution in [0.1, 0.15) is 10.5 Å². The van der Waals surface area contributed by atoms with Gasteiger partial charge in [-0.1, -0.05) is 0 Å². The van der Waals surface area contributed by atoms with Gasteiger partial charge in [0, 0.05) is 0 Å². The molecule has 0 saturated carbocycles. The van der Waals surface area contributed by atoms with E-state index in [0.29, 0.717) is 11.9 Å². The van der Waals surface area contributed by atoms with E-state index >= 15 is 0 Å². The van der Waals surface area contributed by atoms with Gasteiger partial charge in [0.25, 0.3) is 0 Å². The summed E-state index contributed by atoms with van der Waals surface area (Å²) in [7, 11) is 1.46. The molecule has 1 amide bonds. The van der Waals surface area contributed by atoms with Crippen LogP contribution in [0, 0.1) is 0 Å². The van der Waals surface area contributed by atoms with Crippen molar-refractivity contribution in [3.05, 3.63) is 55.5 Å². The third-order valence-electron chi connectivity index (χ3n) is 3.92. The Morgan fingerprint density at radius 3 is 2.96 bits per heavy atom. The molecule has 0 aliphatic heterocycles. The molecule has 138 valence electrons. The van der Waals surface area contributed by atoms with E-state index in [4.69, 9.17) is 0 Å². The van der Waals surface area contributed by atoms with Crippen molar-refractivity contribution in [1.82, 2.24) is 33.3 Å². The average Bonchev–Trinajstić information content (AvgIpc) is 3.21. The molecular weight excluding hydrogens is 485 g/mol. The number of aryl methyl sites for hydroxylation is 1. The number of carbonyl (C=O) groups is 1. The van der Waals surface area contributed by atoms with Crippen molar-refractivity contribution in [1.29, 1.82) is 0 Å². The number of fused-ring (bicyclic) bond motifs is 2. The third kappa shape index (κ3) is 3.15. The van der Waals surface area contributed by atoms with Crippen molar-refractivity contribution in [2.45, 2.75) is 6.54 Å². The number of hydrogen-bond donors (Lipinski definition) is 1.